The lowest BCUT2D eigenvalue weighted by Gasteiger charge is -2.39. The van der Waals surface area contributed by atoms with Crippen molar-refractivity contribution in [1.82, 2.24) is 5.32 Å². The Kier molecular flexibility index (Phi) is 5.18. The topological polar surface area (TPSA) is 38.3 Å². The lowest BCUT2D eigenvalue weighted by atomic mass is 9.74. The van der Waals surface area contributed by atoms with Gasteiger partial charge in [0.25, 0.3) is 0 Å². The van der Waals surface area contributed by atoms with Gasteiger partial charge in [0.15, 0.2) is 0 Å². The van der Waals surface area contributed by atoms with Crippen molar-refractivity contribution in [2.75, 3.05) is 7.11 Å². The van der Waals surface area contributed by atoms with Crippen molar-refractivity contribution in [3.8, 4) is 0 Å². The van der Waals surface area contributed by atoms with E-state index in [1.165, 1.54) is 19.1 Å². The molecule has 0 heterocycles. The fourth-order valence-corrected chi connectivity index (χ4v) is 3.22. The second kappa shape index (κ2) is 6.89. The molecule has 0 spiro atoms. The smallest absolute Gasteiger partial charge is 0.326 e. The van der Waals surface area contributed by atoms with E-state index in [1.54, 1.807) is 0 Å². The number of rotatable bonds is 5. The Labute approximate surface area is 121 Å². The van der Waals surface area contributed by atoms with Gasteiger partial charge in [-0.1, -0.05) is 56.5 Å². The van der Waals surface area contributed by atoms with E-state index in [1.807, 2.05) is 18.2 Å². The van der Waals surface area contributed by atoms with Crippen LogP contribution in [-0.2, 0) is 16.1 Å². The van der Waals surface area contributed by atoms with Crippen LogP contribution in [-0.4, -0.2) is 18.6 Å². The highest BCUT2D eigenvalue weighted by atomic mass is 16.5. The van der Waals surface area contributed by atoms with Crippen molar-refractivity contribution in [3.63, 3.8) is 0 Å². The molecule has 2 unspecified atom stereocenters. The molecule has 0 aromatic heterocycles. The largest absolute Gasteiger partial charge is 0.468 e. The summed E-state index contributed by atoms with van der Waals surface area (Å²) < 4.78 is 5.07. The van der Waals surface area contributed by atoms with Gasteiger partial charge in [-0.05, 0) is 24.3 Å². The van der Waals surface area contributed by atoms with E-state index in [4.69, 9.17) is 4.74 Å². The standard InChI is InChI=1S/C17H25NO2/c1-3-14-10-7-11-17(12-14,16(19)20-2)18-13-15-8-5-4-6-9-15/h4-6,8-9,14,18H,3,7,10-13H2,1-2H3. The van der Waals surface area contributed by atoms with Gasteiger partial charge in [0.1, 0.15) is 5.54 Å². The molecule has 1 fully saturated rings. The predicted molar refractivity (Wildman–Crippen MR) is 80.3 cm³/mol. The zero-order chi connectivity index (χ0) is 14.4. The van der Waals surface area contributed by atoms with Gasteiger partial charge in [0.2, 0.25) is 0 Å². The molecule has 1 aliphatic rings. The third-order valence-corrected chi connectivity index (χ3v) is 4.48. The molecule has 3 nitrogen and oxygen atoms in total. The monoisotopic (exact) mass is 275 g/mol. The van der Waals surface area contributed by atoms with Gasteiger partial charge in [-0.15, -0.1) is 0 Å². The average molecular weight is 275 g/mol. The molecule has 1 saturated carbocycles. The molecule has 3 heteroatoms. The first-order chi connectivity index (χ1) is 9.70. The van der Waals surface area contributed by atoms with Crippen molar-refractivity contribution >= 4 is 5.97 Å². The normalized spacial score (nSPS) is 26.2. The summed E-state index contributed by atoms with van der Waals surface area (Å²) in [6.45, 7) is 2.92. The molecule has 20 heavy (non-hydrogen) atoms. The van der Waals surface area contributed by atoms with Crippen LogP contribution in [0.3, 0.4) is 0 Å². The zero-order valence-electron chi connectivity index (χ0n) is 12.5. The van der Waals surface area contributed by atoms with E-state index in [9.17, 15) is 4.79 Å². The van der Waals surface area contributed by atoms with Gasteiger partial charge in [-0.3, -0.25) is 10.1 Å². The Hall–Kier alpha value is -1.35. The van der Waals surface area contributed by atoms with Crippen LogP contribution in [0.4, 0.5) is 0 Å². The van der Waals surface area contributed by atoms with Crippen LogP contribution in [0.15, 0.2) is 30.3 Å². The minimum Gasteiger partial charge on any atom is -0.468 e. The molecule has 2 atom stereocenters. The van der Waals surface area contributed by atoms with Crippen LogP contribution in [0.5, 0.6) is 0 Å². The van der Waals surface area contributed by atoms with E-state index in [2.05, 4.69) is 24.4 Å². The SMILES string of the molecule is CCC1CCCC(NCc2ccccc2)(C(=O)OC)C1. The van der Waals surface area contributed by atoms with Crippen molar-refractivity contribution in [3.05, 3.63) is 35.9 Å². The summed E-state index contributed by atoms with van der Waals surface area (Å²) in [4.78, 5) is 12.3. The van der Waals surface area contributed by atoms with Crippen molar-refractivity contribution in [1.29, 1.82) is 0 Å². The van der Waals surface area contributed by atoms with E-state index >= 15 is 0 Å². The summed E-state index contributed by atoms with van der Waals surface area (Å²) in [6.07, 6.45) is 5.22. The summed E-state index contributed by atoms with van der Waals surface area (Å²) in [7, 11) is 1.49. The Bertz CT molecular complexity index is 432. The number of hydrogen-bond acceptors (Lipinski definition) is 3. The molecule has 1 aliphatic carbocycles. The fraction of sp³-hybridized carbons (Fsp3) is 0.588. The van der Waals surface area contributed by atoms with Gasteiger partial charge >= 0.3 is 5.97 Å². The molecular weight excluding hydrogens is 250 g/mol. The number of ether oxygens (including phenoxy) is 1. The summed E-state index contributed by atoms with van der Waals surface area (Å²) >= 11 is 0. The van der Waals surface area contributed by atoms with Gasteiger partial charge in [-0.2, -0.15) is 0 Å². The van der Waals surface area contributed by atoms with Crippen molar-refractivity contribution in [2.45, 2.75) is 51.1 Å². The fourth-order valence-electron chi connectivity index (χ4n) is 3.22. The number of methoxy groups -OCH3 is 1. The molecule has 0 radical (unpaired) electrons. The molecule has 0 amide bonds. The second-order valence-electron chi connectivity index (χ2n) is 5.78. The molecule has 1 aromatic rings. The Morgan fingerprint density at radius 1 is 1.40 bits per heavy atom. The molecule has 0 aliphatic heterocycles. The Morgan fingerprint density at radius 2 is 2.15 bits per heavy atom. The van der Waals surface area contributed by atoms with Crippen LogP contribution in [0.2, 0.25) is 0 Å². The Balaban J connectivity index is 2.09. The number of carbonyl (C=O) groups is 1. The van der Waals surface area contributed by atoms with Crippen LogP contribution >= 0.6 is 0 Å². The number of nitrogens with one attached hydrogen (secondary N) is 1. The van der Waals surface area contributed by atoms with Crippen LogP contribution < -0.4 is 5.32 Å². The van der Waals surface area contributed by atoms with Gasteiger partial charge in [-0.25, -0.2) is 0 Å². The summed E-state index contributed by atoms with van der Waals surface area (Å²) in [5.41, 5.74) is 0.707. The molecule has 1 aromatic carbocycles. The average Bonchev–Trinajstić information content (AvgIpc) is 2.53. The molecule has 1 N–H and O–H groups in total. The van der Waals surface area contributed by atoms with Gasteiger partial charge < -0.3 is 4.74 Å². The van der Waals surface area contributed by atoms with Gasteiger partial charge in [0.05, 0.1) is 7.11 Å². The number of benzene rings is 1. The molecule has 110 valence electrons. The van der Waals surface area contributed by atoms with Crippen LogP contribution in [0.1, 0.15) is 44.6 Å². The number of hydrogen-bond donors (Lipinski definition) is 1. The summed E-state index contributed by atoms with van der Waals surface area (Å²) in [5.74, 6) is 0.512. The first-order valence-corrected chi connectivity index (χ1v) is 7.57. The third-order valence-electron chi connectivity index (χ3n) is 4.48. The van der Waals surface area contributed by atoms with Crippen molar-refractivity contribution in [2.24, 2.45) is 5.92 Å². The number of carbonyl (C=O) groups excluding carboxylic acids is 1. The highest BCUT2D eigenvalue weighted by Gasteiger charge is 2.42. The minimum atomic E-state index is -0.497. The molecule has 2 rings (SSSR count). The first kappa shape index (κ1) is 15.0. The van der Waals surface area contributed by atoms with Crippen LogP contribution in [0.25, 0.3) is 0 Å². The second-order valence-corrected chi connectivity index (χ2v) is 5.78. The predicted octanol–water partition coefficient (Wildman–Crippen LogP) is 3.29. The molecule has 0 bridgehead atoms. The zero-order valence-corrected chi connectivity index (χ0v) is 12.5. The maximum Gasteiger partial charge on any atom is 0.326 e. The highest BCUT2D eigenvalue weighted by molar-refractivity contribution is 5.81. The third kappa shape index (κ3) is 3.40. The van der Waals surface area contributed by atoms with E-state index < -0.39 is 5.54 Å². The Morgan fingerprint density at radius 3 is 2.80 bits per heavy atom. The maximum atomic E-state index is 12.3. The minimum absolute atomic E-state index is 0.105. The van der Waals surface area contributed by atoms with E-state index in [0.717, 1.165) is 25.7 Å². The van der Waals surface area contributed by atoms with Crippen molar-refractivity contribution < 1.29 is 9.53 Å². The van der Waals surface area contributed by atoms with Crippen LogP contribution in [0, 0.1) is 5.92 Å². The van der Waals surface area contributed by atoms with E-state index in [-0.39, 0.29) is 5.97 Å². The van der Waals surface area contributed by atoms with E-state index in [0.29, 0.717) is 12.5 Å². The maximum absolute atomic E-state index is 12.3. The summed E-state index contributed by atoms with van der Waals surface area (Å²) in [6, 6.07) is 10.2. The molecule has 0 saturated heterocycles. The highest BCUT2D eigenvalue weighted by Crippen LogP contribution is 2.35. The quantitative estimate of drug-likeness (QED) is 0.838. The molecular formula is C17H25NO2. The summed E-state index contributed by atoms with van der Waals surface area (Å²) in [5, 5.41) is 3.49. The van der Waals surface area contributed by atoms with Gasteiger partial charge in [0, 0.05) is 6.54 Å². The first-order valence-electron chi connectivity index (χ1n) is 7.57. The lowest BCUT2D eigenvalue weighted by molar-refractivity contribution is -0.151. The number of esters is 1. The lowest BCUT2D eigenvalue weighted by Crippen LogP contribution is -2.55.